The van der Waals surface area contributed by atoms with Crippen molar-refractivity contribution in [3.05, 3.63) is 76.9 Å². The zero-order chi connectivity index (χ0) is 27.4. The summed E-state index contributed by atoms with van der Waals surface area (Å²) in [6.45, 7) is 5.58. The fourth-order valence-corrected chi connectivity index (χ4v) is 4.54. The standard InChI is InChI=1S/C25H23F3N6O3S/c1-14-5-10-21(36-4)19(11-14)31-23(35)22-20(13-38-24-29-15(2)12-16(3)30-24)34(33-32-22)17-6-8-18(9-7-17)37-25(26,27)28/h5-12H,13H2,1-4H3,(H,31,35). The molecule has 2 aromatic carbocycles. The second-order valence-electron chi connectivity index (χ2n) is 8.22. The summed E-state index contributed by atoms with van der Waals surface area (Å²) in [5.41, 5.74) is 3.75. The van der Waals surface area contributed by atoms with Crippen LogP contribution in [0.4, 0.5) is 18.9 Å². The van der Waals surface area contributed by atoms with E-state index in [-0.39, 0.29) is 17.2 Å². The molecule has 0 fully saturated rings. The van der Waals surface area contributed by atoms with Gasteiger partial charge in [0.05, 0.1) is 24.2 Å². The maximum Gasteiger partial charge on any atom is 0.573 e. The van der Waals surface area contributed by atoms with E-state index in [0.717, 1.165) is 29.1 Å². The fraction of sp³-hybridized carbons (Fsp3) is 0.240. The van der Waals surface area contributed by atoms with E-state index in [1.807, 2.05) is 32.9 Å². The third kappa shape index (κ3) is 6.59. The molecule has 0 spiro atoms. The highest BCUT2D eigenvalue weighted by atomic mass is 32.2. The van der Waals surface area contributed by atoms with Gasteiger partial charge in [0, 0.05) is 17.1 Å². The van der Waals surface area contributed by atoms with Gasteiger partial charge in [-0.15, -0.1) is 18.3 Å². The van der Waals surface area contributed by atoms with Gasteiger partial charge in [-0.3, -0.25) is 4.79 Å². The van der Waals surface area contributed by atoms with E-state index in [4.69, 9.17) is 4.74 Å². The first-order chi connectivity index (χ1) is 18.0. The summed E-state index contributed by atoms with van der Waals surface area (Å²) in [4.78, 5) is 22.2. The zero-order valence-electron chi connectivity index (χ0n) is 20.8. The summed E-state index contributed by atoms with van der Waals surface area (Å²) in [6.07, 6.45) is -4.81. The van der Waals surface area contributed by atoms with Gasteiger partial charge < -0.3 is 14.8 Å². The van der Waals surface area contributed by atoms with Gasteiger partial charge in [-0.2, -0.15) is 0 Å². The topological polar surface area (TPSA) is 104 Å². The molecule has 2 aromatic heterocycles. The molecule has 0 aliphatic rings. The lowest BCUT2D eigenvalue weighted by atomic mass is 10.2. The number of benzene rings is 2. The zero-order valence-corrected chi connectivity index (χ0v) is 21.6. The molecular weight excluding hydrogens is 521 g/mol. The maximum absolute atomic E-state index is 13.3. The van der Waals surface area contributed by atoms with Gasteiger partial charge in [0.25, 0.3) is 5.91 Å². The fourth-order valence-electron chi connectivity index (χ4n) is 3.60. The quantitative estimate of drug-likeness (QED) is 0.231. The van der Waals surface area contributed by atoms with Crippen LogP contribution in [0, 0.1) is 20.8 Å². The number of thioether (sulfide) groups is 1. The van der Waals surface area contributed by atoms with Gasteiger partial charge in [0.1, 0.15) is 11.5 Å². The highest BCUT2D eigenvalue weighted by Crippen LogP contribution is 2.29. The van der Waals surface area contributed by atoms with Crippen LogP contribution >= 0.6 is 11.8 Å². The average Bonchev–Trinajstić information content (AvgIpc) is 3.26. The third-order valence-corrected chi connectivity index (χ3v) is 6.05. The number of rotatable bonds is 8. The molecule has 0 atom stereocenters. The Hall–Kier alpha value is -4.13. The molecule has 0 bridgehead atoms. The van der Waals surface area contributed by atoms with Crippen LogP contribution in [0.15, 0.2) is 53.7 Å². The number of alkyl halides is 3. The minimum atomic E-state index is -4.81. The Kier molecular flexibility index (Phi) is 7.86. The summed E-state index contributed by atoms with van der Waals surface area (Å²) in [7, 11) is 1.49. The number of hydrogen-bond donors (Lipinski definition) is 1. The van der Waals surface area contributed by atoms with Gasteiger partial charge in [-0.1, -0.05) is 23.0 Å². The number of aryl methyl sites for hydroxylation is 3. The Balaban J connectivity index is 1.68. The van der Waals surface area contributed by atoms with Crippen molar-refractivity contribution in [2.75, 3.05) is 12.4 Å². The molecule has 38 heavy (non-hydrogen) atoms. The van der Waals surface area contributed by atoms with Crippen LogP contribution in [0.1, 0.15) is 33.1 Å². The lowest BCUT2D eigenvalue weighted by Crippen LogP contribution is -2.17. The molecule has 4 aromatic rings. The Morgan fingerprint density at radius 1 is 1.03 bits per heavy atom. The predicted octanol–water partition coefficient (Wildman–Crippen LogP) is 5.43. The van der Waals surface area contributed by atoms with Crippen LogP contribution in [0.3, 0.4) is 0 Å². The number of carbonyl (C=O) groups is 1. The normalized spacial score (nSPS) is 11.3. The summed E-state index contributed by atoms with van der Waals surface area (Å²) in [6, 6.07) is 12.3. The van der Waals surface area contributed by atoms with E-state index in [2.05, 4.69) is 30.3 Å². The summed E-state index contributed by atoms with van der Waals surface area (Å²) in [5, 5.41) is 11.5. The average molecular weight is 545 g/mol. The van der Waals surface area contributed by atoms with Gasteiger partial charge in [-0.05, 0) is 68.8 Å². The minimum absolute atomic E-state index is 0.0288. The number of amides is 1. The van der Waals surface area contributed by atoms with Gasteiger partial charge in [-0.25, -0.2) is 14.6 Å². The van der Waals surface area contributed by atoms with Crippen LogP contribution in [-0.4, -0.2) is 44.3 Å². The minimum Gasteiger partial charge on any atom is -0.495 e. The van der Waals surface area contributed by atoms with E-state index in [0.29, 0.717) is 28.0 Å². The number of hydrogen-bond acceptors (Lipinski definition) is 8. The molecule has 0 saturated carbocycles. The molecule has 1 N–H and O–H groups in total. The second kappa shape index (κ2) is 11.1. The number of methoxy groups -OCH3 is 1. The van der Waals surface area contributed by atoms with Crippen LogP contribution in [0.5, 0.6) is 11.5 Å². The van der Waals surface area contributed by atoms with Crippen molar-refractivity contribution in [1.29, 1.82) is 0 Å². The summed E-state index contributed by atoms with van der Waals surface area (Å²) in [5.74, 6) is -0.250. The highest BCUT2D eigenvalue weighted by Gasteiger charge is 2.31. The molecule has 1 amide bonds. The smallest absolute Gasteiger partial charge is 0.495 e. The molecule has 2 heterocycles. The van der Waals surface area contributed by atoms with Crippen LogP contribution in [0.2, 0.25) is 0 Å². The molecule has 0 aliphatic heterocycles. The largest absolute Gasteiger partial charge is 0.573 e. The van der Waals surface area contributed by atoms with Gasteiger partial charge in [0.2, 0.25) is 0 Å². The summed E-state index contributed by atoms with van der Waals surface area (Å²) >= 11 is 1.27. The molecular formula is C25H23F3N6O3S. The van der Waals surface area contributed by atoms with Gasteiger partial charge >= 0.3 is 6.36 Å². The maximum atomic E-state index is 13.3. The number of aromatic nitrogens is 5. The van der Waals surface area contributed by atoms with Gasteiger partial charge in [0.15, 0.2) is 10.9 Å². The van der Waals surface area contributed by atoms with E-state index >= 15 is 0 Å². The number of carbonyl (C=O) groups excluding carboxylic acids is 1. The first kappa shape index (κ1) is 26.9. The number of halogens is 3. The van der Waals surface area contributed by atoms with E-state index < -0.39 is 12.3 Å². The molecule has 13 heteroatoms. The SMILES string of the molecule is COc1ccc(C)cc1NC(=O)c1nnn(-c2ccc(OC(F)(F)F)cc2)c1CSc1nc(C)cc(C)n1. The van der Waals surface area contributed by atoms with Crippen LogP contribution < -0.4 is 14.8 Å². The number of nitrogens with one attached hydrogen (secondary N) is 1. The first-order valence-corrected chi connectivity index (χ1v) is 12.2. The molecule has 9 nitrogen and oxygen atoms in total. The molecule has 198 valence electrons. The number of anilines is 1. The van der Waals surface area contributed by atoms with Crippen molar-refractivity contribution in [2.24, 2.45) is 0 Å². The predicted molar refractivity (Wildman–Crippen MR) is 135 cm³/mol. The monoisotopic (exact) mass is 544 g/mol. The Labute approximate surface area is 220 Å². The van der Waals surface area contributed by atoms with E-state index in [9.17, 15) is 18.0 Å². The molecule has 0 saturated heterocycles. The Morgan fingerprint density at radius 2 is 1.71 bits per heavy atom. The van der Waals surface area contributed by atoms with Crippen molar-refractivity contribution in [2.45, 2.75) is 38.0 Å². The molecule has 0 aliphatic carbocycles. The molecule has 0 radical (unpaired) electrons. The van der Waals surface area contributed by atoms with Crippen molar-refractivity contribution < 1.29 is 27.4 Å². The first-order valence-electron chi connectivity index (χ1n) is 11.2. The Bertz CT molecular complexity index is 1440. The van der Waals surface area contributed by atoms with Crippen molar-refractivity contribution in [3.8, 4) is 17.2 Å². The number of ether oxygens (including phenoxy) is 2. The molecule has 0 unspecified atom stereocenters. The van der Waals surface area contributed by atoms with Crippen molar-refractivity contribution >= 4 is 23.4 Å². The Morgan fingerprint density at radius 3 is 2.34 bits per heavy atom. The van der Waals surface area contributed by atoms with Crippen molar-refractivity contribution in [3.63, 3.8) is 0 Å². The van der Waals surface area contributed by atoms with E-state index in [1.54, 1.807) is 12.1 Å². The van der Waals surface area contributed by atoms with E-state index in [1.165, 1.54) is 35.7 Å². The van der Waals surface area contributed by atoms with Crippen molar-refractivity contribution in [1.82, 2.24) is 25.0 Å². The summed E-state index contributed by atoms with van der Waals surface area (Å²) < 4.78 is 48.4. The van der Waals surface area contributed by atoms with Crippen LogP contribution in [-0.2, 0) is 5.75 Å². The molecule has 4 rings (SSSR count). The highest BCUT2D eigenvalue weighted by molar-refractivity contribution is 7.98. The number of nitrogens with zero attached hydrogens (tertiary/aromatic N) is 5. The van der Waals surface area contributed by atoms with Crippen LogP contribution in [0.25, 0.3) is 5.69 Å². The second-order valence-corrected chi connectivity index (χ2v) is 9.16. The lowest BCUT2D eigenvalue weighted by Gasteiger charge is -2.12. The lowest BCUT2D eigenvalue weighted by molar-refractivity contribution is -0.274. The third-order valence-electron chi connectivity index (χ3n) is 5.20.